The fraction of sp³-hybridized carbons (Fsp3) is 0.318. The predicted octanol–water partition coefficient (Wildman–Crippen LogP) is 4.85. The van der Waals surface area contributed by atoms with Gasteiger partial charge in [0.15, 0.2) is 6.61 Å². The maximum atomic E-state index is 13.1. The van der Waals surface area contributed by atoms with E-state index in [4.69, 9.17) is 4.74 Å². The number of fused-ring (bicyclic) bond motifs is 2. The first kappa shape index (κ1) is 17.0. The number of hydrogen-bond acceptors (Lipinski definition) is 4. The van der Waals surface area contributed by atoms with Crippen molar-refractivity contribution in [3.8, 4) is 5.75 Å². The average molecular weight is 396 g/mol. The molecule has 27 heavy (non-hydrogen) atoms. The lowest BCUT2D eigenvalue weighted by Gasteiger charge is -2.35. The normalized spacial score (nSPS) is 18.2. The maximum absolute atomic E-state index is 13.1. The van der Waals surface area contributed by atoms with Crippen LogP contribution in [0.4, 0.5) is 0 Å². The molecular weight excluding hydrogens is 374 g/mol. The largest absolute Gasteiger partial charge is 0.484 e. The highest BCUT2D eigenvalue weighted by Gasteiger charge is 2.33. The Labute approximate surface area is 167 Å². The molecule has 0 saturated heterocycles. The monoisotopic (exact) mass is 395 g/mol. The second kappa shape index (κ2) is 7.13. The molecule has 5 heteroatoms. The smallest absolute Gasteiger partial charge is 0.261 e. The molecule has 3 aromatic rings. The number of carbonyl (C=O) groups is 1. The summed E-state index contributed by atoms with van der Waals surface area (Å²) in [6, 6.07) is 12.6. The van der Waals surface area contributed by atoms with Crippen LogP contribution in [0.25, 0.3) is 0 Å². The summed E-state index contributed by atoms with van der Waals surface area (Å²) in [7, 11) is 0. The minimum atomic E-state index is 0.0242. The van der Waals surface area contributed by atoms with Gasteiger partial charge in [-0.25, -0.2) is 0 Å². The number of ether oxygens (including phenoxy) is 1. The van der Waals surface area contributed by atoms with Crippen LogP contribution in [0.5, 0.6) is 5.75 Å². The number of aryl methyl sites for hydroxylation is 2. The molecule has 138 valence electrons. The van der Waals surface area contributed by atoms with Crippen LogP contribution in [-0.2, 0) is 24.1 Å². The molecule has 3 heterocycles. The zero-order chi connectivity index (χ0) is 18.2. The highest BCUT2D eigenvalue weighted by atomic mass is 32.1. The Kier molecular flexibility index (Phi) is 4.50. The molecule has 2 aliphatic rings. The molecule has 0 bridgehead atoms. The van der Waals surface area contributed by atoms with Crippen molar-refractivity contribution >= 4 is 28.6 Å². The molecule has 1 aromatic carbocycles. The van der Waals surface area contributed by atoms with Crippen LogP contribution in [-0.4, -0.2) is 24.0 Å². The Hall–Kier alpha value is -2.11. The van der Waals surface area contributed by atoms with Gasteiger partial charge in [-0.3, -0.25) is 4.79 Å². The number of rotatable bonds is 4. The van der Waals surface area contributed by atoms with E-state index in [9.17, 15) is 4.79 Å². The zero-order valence-corrected chi connectivity index (χ0v) is 16.7. The van der Waals surface area contributed by atoms with Crippen molar-refractivity contribution in [2.24, 2.45) is 0 Å². The number of nitrogens with zero attached hydrogens (tertiary/aromatic N) is 1. The summed E-state index contributed by atoms with van der Waals surface area (Å²) in [6.07, 6.45) is 4.43. The van der Waals surface area contributed by atoms with E-state index in [0.717, 1.165) is 31.6 Å². The van der Waals surface area contributed by atoms with E-state index in [1.165, 1.54) is 32.9 Å². The van der Waals surface area contributed by atoms with Gasteiger partial charge < -0.3 is 9.64 Å². The molecule has 5 rings (SSSR count). The Morgan fingerprint density at radius 3 is 2.89 bits per heavy atom. The minimum Gasteiger partial charge on any atom is -0.484 e. The van der Waals surface area contributed by atoms with E-state index >= 15 is 0 Å². The number of benzene rings is 1. The Morgan fingerprint density at radius 1 is 1.07 bits per heavy atom. The average Bonchev–Trinajstić information content (AvgIpc) is 3.45. The molecule has 2 aromatic heterocycles. The summed E-state index contributed by atoms with van der Waals surface area (Å²) in [6.45, 7) is 0.850. The van der Waals surface area contributed by atoms with Gasteiger partial charge in [0.2, 0.25) is 0 Å². The topological polar surface area (TPSA) is 29.5 Å². The van der Waals surface area contributed by atoms with Gasteiger partial charge in [-0.2, -0.15) is 0 Å². The molecular formula is C22H21NO2S2. The Balaban J connectivity index is 1.34. The highest BCUT2D eigenvalue weighted by Crippen LogP contribution is 2.39. The van der Waals surface area contributed by atoms with Gasteiger partial charge in [-0.1, -0.05) is 12.1 Å². The van der Waals surface area contributed by atoms with Gasteiger partial charge in [0.1, 0.15) is 5.75 Å². The van der Waals surface area contributed by atoms with Crippen molar-refractivity contribution in [1.29, 1.82) is 0 Å². The molecule has 0 unspecified atom stereocenters. The van der Waals surface area contributed by atoms with Crippen LogP contribution in [0.15, 0.2) is 47.2 Å². The third kappa shape index (κ3) is 3.19. The van der Waals surface area contributed by atoms with Crippen molar-refractivity contribution in [2.75, 3.05) is 13.2 Å². The first-order valence-corrected chi connectivity index (χ1v) is 11.2. The van der Waals surface area contributed by atoms with E-state index in [1.807, 2.05) is 11.0 Å². The predicted molar refractivity (Wildman–Crippen MR) is 110 cm³/mol. The molecule has 1 amide bonds. The van der Waals surface area contributed by atoms with E-state index < -0.39 is 0 Å². The van der Waals surface area contributed by atoms with Crippen molar-refractivity contribution in [3.63, 3.8) is 0 Å². The fourth-order valence-electron chi connectivity index (χ4n) is 4.20. The number of thiophene rings is 2. The quantitative estimate of drug-likeness (QED) is 0.632. The van der Waals surface area contributed by atoms with Crippen LogP contribution < -0.4 is 4.74 Å². The first-order valence-electron chi connectivity index (χ1n) is 9.43. The number of carbonyl (C=O) groups excluding carboxylic acids is 1. The SMILES string of the molecule is O=C(COc1ccc2c(c1)CCC2)N1CCc2sccc2[C@@H]1c1cccs1. The molecule has 0 N–H and O–H groups in total. The van der Waals surface area contributed by atoms with Gasteiger partial charge in [0.05, 0.1) is 6.04 Å². The van der Waals surface area contributed by atoms with Crippen LogP contribution in [0, 0.1) is 0 Å². The van der Waals surface area contributed by atoms with Gasteiger partial charge in [0.25, 0.3) is 5.91 Å². The van der Waals surface area contributed by atoms with Gasteiger partial charge in [-0.15, -0.1) is 22.7 Å². The molecule has 0 radical (unpaired) electrons. The lowest BCUT2D eigenvalue weighted by Crippen LogP contribution is -2.42. The van der Waals surface area contributed by atoms with Gasteiger partial charge in [-0.05, 0) is 77.4 Å². The summed E-state index contributed by atoms with van der Waals surface area (Å²) < 4.78 is 5.90. The van der Waals surface area contributed by atoms with Crippen molar-refractivity contribution < 1.29 is 9.53 Å². The summed E-state index contributed by atoms with van der Waals surface area (Å²) in [5, 5.41) is 4.22. The molecule has 1 atom stereocenters. The van der Waals surface area contributed by atoms with E-state index in [2.05, 4.69) is 41.1 Å². The standard InChI is InChI=1S/C22H21NO2S2/c24-21(14-25-17-7-6-15-3-1-4-16(15)13-17)23-10-8-19-18(9-12-27-19)22(23)20-5-2-11-26-20/h2,5-7,9,11-13,22H,1,3-4,8,10,14H2/t22-/m1/s1. The second-order valence-electron chi connectivity index (χ2n) is 7.13. The summed E-state index contributed by atoms with van der Waals surface area (Å²) in [5.41, 5.74) is 4.07. The number of hydrogen-bond donors (Lipinski definition) is 0. The molecule has 1 aliphatic carbocycles. The van der Waals surface area contributed by atoms with Crippen LogP contribution in [0.2, 0.25) is 0 Å². The van der Waals surface area contributed by atoms with Crippen LogP contribution in [0.3, 0.4) is 0 Å². The van der Waals surface area contributed by atoms with E-state index in [0.29, 0.717) is 0 Å². The third-order valence-corrected chi connectivity index (χ3v) is 7.45. The zero-order valence-electron chi connectivity index (χ0n) is 15.0. The van der Waals surface area contributed by atoms with E-state index in [1.54, 1.807) is 22.7 Å². The molecule has 1 aliphatic heterocycles. The Bertz CT molecular complexity index is 961. The lowest BCUT2D eigenvalue weighted by atomic mass is 9.98. The molecule has 0 fully saturated rings. The minimum absolute atomic E-state index is 0.0242. The van der Waals surface area contributed by atoms with E-state index in [-0.39, 0.29) is 18.6 Å². The number of amides is 1. The lowest BCUT2D eigenvalue weighted by molar-refractivity contribution is -0.135. The molecule has 0 spiro atoms. The first-order chi connectivity index (χ1) is 13.3. The van der Waals surface area contributed by atoms with Gasteiger partial charge in [0, 0.05) is 16.3 Å². The third-order valence-electron chi connectivity index (χ3n) is 5.53. The van der Waals surface area contributed by atoms with Crippen molar-refractivity contribution in [3.05, 3.63) is 73.6 Å². The Morgan fingerprint density at radius 2 is 2.00 bits per heavy atom. The van der Waals surface area contributed by atoms with Crippen molar-refractivity contribution in [2.45, 2.75) is 31.7 Å². The van der Waals surface area contributed by atoms with Gasteiger partial charge >= 0.3 is 0 Å². The maximum Gasteiger partial charge on any atom is 0.261 e. The highest BCUT2D eigenvalue weighted by molar-refractivity contribution is 7.10. The summed E-state index contributed by atoms with van der Waals surface area (Å²) >= 11 is 3.51. The summed E-state index contributed by atoms with van der Waals surface area (Å²) in [4.78, 5) is 17.7. The second-order valence-corrected chi connectivity index (χ2v) is 9.11. The fourth-order valence-corrected chi connectivity index (χ4v) is 5.96. The van der Waals surface area contributed by atoms with Crippen LogP contribution in [0.1, 0.15) is 38.9 Å². The molecule has 0 saturated carbocycles. The van der Waals surface area contributed by atoms with Crippen molar-refractivity contribution in [1.82, 2.24) is 4.90 Å². The molecule has 3 nitrogen and oxygen atoms in total. The van der Waals surface area contributed by atoms with Crippen LogP contribution >= 0.6 is 22.7 Å². The summed E-state index contributed by atoms with van der Waals surface area (Å²) in [5.74, 6) is 0.871.